The Labute approximate surface area is 270 Å². The van der Waals surface area contributed by atoms with Crippen molar-refractivity contribution in [3.8, 4) is 0 Å². The van der Waals surface area contributed by atoms with Crippen LogP contribution in [-0.4, -0.2) is 83.0 Å². The lowest BCUT2D eigenvalue weighted by Gasteiger charge is -2.29. The molecule has 0 radical (unpaired) electrons. The van der Waals surface area contributed by atoms with Crippen LogP contribution in [0.5, 0.6) is 0 Å². The molecule has 46 heavy (non-hydrogen) atoms. The van der Waals surface area contributed by atoms with Gasteiger partial charge < -0.3 is 37.9 Å². The van der Waals surface area contributed by atoms with E-state index in [4.69, 9.17) is 37.9 Å². The molecule has 0 aliphatic heterocycles. The highest BCUT2D eigenvalue weighted by Crippen LogP contribution is 2.16. The quantitative estimate of drug-likeness (QED) is 0.144. The summed E-state index contributed by atoms with van der Waals surface area (Å²) in [6.45, 7) is 17.3. The molecule has 0 aliphatic rings. The first-order valence-corrected chi connectivity index (χ1v) is 15.2. The van der Waals surface area contributed by atoms with E-state index in [2.05, 4.69) is 0 Å². The standard InChI is InChI=1S/C31H52N2O13/c1-12-13-15-39-16-14-33-24(34)21(2)17-32(25(33)35)20-42-22(18-40-26(36)44-29(3,4)5)23(43-28(38)46-31(9,10)11)19-41-27(37)45-30(6,7)8/h17,22-23H,12-16,18-20H2,1-11H3/t22-,23?/m1/s1. The smallest absolute Gasteiger partial charge is 0.431 e. The Morgan fingerprint density at radius 2 is 1.26 bits per heavy atom. The number of rotatable bonds is 15. The van der Waals surface area contributed by atoms with Gasteiger partial charge in [0.25, 0.3) is 5.56 Å². The molecule has 1 aromatic rings. The van der Waals surface area contributed by atoms with E-state index in [1.165, 1.54) is 6.20 Å². The van der Waals surface area contributed by atoms with Crippen molar-refractivity contribution in [3.63, 3.8) is 0 Å². The van der Waals surface area contributed by atoms with Gasteiger partial charge in [0.2, 0.25) is 0 Å². The molecule has 0 N–H and O–H groups in total. The summed E-state index contributed by atoms with van der Waals surface area (Å²) in [4.78, 5) is 63.4. The topological polar surface area (TPSA) is 169 Å². The van der Waals surface area contributed by atoms with Crippen LogP contribution in [0, 0.1) is 6.92 Å². The second-order valence-corrected chi connectivity index (χ2v) is 13.5. The number of unbranched alkanes of at least 4 members (excludes halogenated alkanes) is 1. The molecule has 15 heteroatoms. The lowest BCUT2D eigenvalue weighted by Crippen LogP contribution is -2.45. The predicted molar refractivity (Wildman–Crippen MR) is 166 cm³/mol. The van der Waals surface area contributed by atoms with Crippen molar-refractivity contribution in [2.24, 2.45) is 0 Å². The number of nitrogens with zero attached hydrogens (tertiary/aromatic N) is 2. The van der Waals surface area contributed by atoms with Gasteiger partial charge in [-0.1, -0.05) is 13.3 Å². The van der Waals surface area contributed by atoms with Gasteiger partial charge in [-0.3, -0.25) is 13.9 Å². The lowest BCUT2D eigenvalue weighted by atomic mass is 10.2. The number of carbonyl (C=O) groups excluding carboxylic acids is 3. The first kappa shape index (κ1) is 40.4. The zero-order valence-corrected chi connectivity index (χ0v) is 29.1. The minimum absolute atomic E-state index is 0.0162. The lowest BCUT2D eigenvalue weighted by molar-refractivity contribution is -0.133. The maximum atomic E-state index is 13.2. The number of hydrogen-bond donors (Lipinski definition) is 0. The van der Waals surface area contributed by atoms with Crippen LogP contribution in [0.25, 0.3) is 0 Å². The summed E-state index contributed by atoms with van der Waals surface area (Å²) >= 11 is 0. The number of aromatic nitrogens is 2. The van der Waals surface area contributed by atoms with Gasteiger partial charge in [-0.05, 0) is 75.7 Å². The fourth-order valence-electron chi connectivity index (χ4n) is 3.51. The first-order valence-electron chi connectivity index (χ1n) is 15.2. The molecule has 0 saturated carbocycles. The molecule has 0 saturated heterocycles. The molecule has 0 bridgehead atoms. The van der Waals surface area contributed by atoms with Crippen molar-refractivity contribution in [2.75, 3.05) is 26.4 Å². The van der Waals surface area contributed by atoms with Gasteiger partial charge in [-0.15, -0.1) is 0 Å². The summed E-state index contributed by atoms with van der Waals surface area (Å²) < 4.78 is 45.2. The monoisotopic (exact) mass is 660 g/mol. The Morgan fingerprint density at radius 3 is 1.76 bits per heavy atom. The molecule has 1 unspecified atom stereocenters. The summed E-state index contributed by atoms with van der Waals surface area (Å²) in [5.41, 5.74) is -3.60. The molecule has 264 valence electrons. The second kappa shape index (κ2) is 17.9. The highest BCUT2D eigenvalue weighted by atomic mass is 16.8. The van der Waals surface area contributed by atoms with Gasteiger partial charge in [0.1, 0.15) is 42.9 Å². The van der Waals surface area contributed by atoms with Crippen LogP contribution in [0.2, 0.25) is 0 Å². The maximum Gasteiger partial charge on any atom is 0.509 e. The molecular formula is C31H52N2O13. The van der Waals surface area contributed by atoms with Crippen LogP contribution >= 0.6 is 0 Å². The van der Waals surface area contributed by atoms with Crippen LogP contribution in [0.3, 0.4) is 0 Å². The SMILES string of the molecule is CCCCOCCn1c(=O)c(C)cn(CO[C@H](COC(=O)OC(C)(C)C)C(COC(=O)OC(C)(C)C)OC(=O)OC(C)(C)C)c1=O. The van der Waals surface area contributed by atoms with Crippen molar-refractivity contribution in [3.05, 3.63) is 32.6 Å². The van der Waals surface area contributed by atoms with Crippen LogP contribution in [0.15, 0.2) is 15.8 Å². The number of ether oxygens (including phenoxy) is 8. The van der Waals surface area contributed by atoms with Gasteiger partial charge in [0.05, 0.1) is 13.2 Å². The first-order chi connectivity index (χ1) is 21.1. The van der Waals surface area contributed by atoms with Crippen molar-refractivity contribution in [1.29, 1.82) is 0 Å². The predicted octanol–water partition coefficient (Wildman–Crippen LogP) is 4.70. The molecule has 2 atom stereocenters. The van der Waals surface area contributed by atoms with E-state index in [0.29, 0.717) is 6.61 Å². The highest BCUT2D eigenvalue weighted by Gasteiger charge is 2.33. The van der Waals surface area contributed by atoms with E-state index in [1.807, 2.05) is 6.92 Å². The zero-order chi connectivity index (χ0) is 35.3. The summed E-state index contributed by atoms with van der Waals surface area (Å²) in [5, 5.41) is 0. The normalized spacial score (nSPS) is 13.4. The zero-order valence-electron chi connectivity index (χ0n) is 29.1. The van der Waals surface area contributed by atoms with Gasteiger partial charge in [0, 0.05) is 18.4 Å². The van der Waals surface area contributed by atoms with Gasteiger partial charge in [0.15, 0.2) is 6.10 Å². The Morgan fingerprint density at radius 1 is 0.761 bits per heavy atom. The molecule has 0 spiro atoms. The van der Waals surface area contributed by atoms with Crippen molar-refractivity contribution in [2.45, 2.75) is 131 Å². The van der Waals surface area contributed by atoms with E-state index < -0.39 is 78.7 Å². The van der Waals surface area contributed by atoms with E-state index >= 15 is 0 Å². The number of carbonyl (C=O) groups is 3. The summed E-state index contributed by atoms with van der Waals surface area (Å²) in [6.07, 6.45) is -2.88. The Kier molecular flexibility index (Phi) is 15.8. The van der Waals surface area contributed by atoms with Crippen molar-refractivity contribution in [1.82, 2.24) is 9.13 Å². The van der Waals surface area contributed by atoms with Crippen molar-refractivity contribution < 1.29 is 52.3 Å². The highest BCUT2D eigenvalue weighted by molar-refractivity contribution is 5.62. The second-order valence-electron chi connectivity index (χ2n) is 13.5. The number of aryl methyl sites for hydroxylation is 1. The number of hydrogen-bond acceptors (Lipinski definition) is 13. The maximum absolute atomic E-state index is 13.2. The minimum atomic E-state index is -1.42. The molecule has 15 nitrogen and oxygen atoms in total. The van der Waals surface area contributed by atoms with E-state index in [1.54, 1.807) is 69.2 Å². The fraction of sp³-hybridized carbons (Fsp3) is 0.774. The van der Waals surface area contributed by atoms with Crippen LogP contribution < -0.4 is 11.2 Å². The molecule has 0 aromatic carbocycles. The molecule has 1 aromatic heterocycles. The van der Waals surface area contributed by atoms with Crippen molar-refractivity contribution >= 4 is 18.5 Å². The van der Waals surface area contributed by atoms with Crippen LogP contribution in [0.1, 0.15) is 87.6 Å². The summed E-state index contributed by atoms with van der Waals surface area (Å²) in [6, 6.07) is 0. The molecule has 1 heterocycles. The van der Waals surface area contributed by atoms with Gasteiger partial charge in [-0.2, -0.15) is 0 Å². The Bertz CT molecular complexity index is 1250. The van der Waals surface area contributed by atoms with E-state index in [-0.39, 0.29) is 18.7 Å². The molecular weight excluding hydrogens is 608 g/mol. The third-order valence-corrected chi connectivity index (χ3v) is 5.50. The average Bonchev–Trinajstić information content (AvgIpc) is 2.88. The molecule has 0 fully saturated rings. The third-order valence-electron chi connectivity index (χ3n) is 5.50. The Balaban J connectivity index is 3.36. The molecule has 0 amide bonds. The van der Waals surface area contributed by atoms with Gasteiger partial charge >= 0.3 is 24.2 Å². The minimum Gasteiger partial charge on any atom is -0.431 e. The van der Waals surface area contributed by atoms with E-state index in [9.17, 15) is 24.0 Å². The largest absolute Gasteiger partial charge is 0.509 e. The van der Waals surface area contributed by atoms with Crippen LogP contribution in [0.4, 0.5) is 14.4 Å². The summed E-state index contributed by atoms with van der Waals surface area (Å²) in [7, 11) is 0. The van der Waals surface area contributed by atoms with Gasteiger partial charge in [-0.25, -0.2) is 19.2 Å². The molecule has 1 rings (SSSR count). The molecule has 0 aliphatic carbocycles. The Hall–Kier alpha value is -3.59. The third kappa shape index (κ3) is 16.6. The van der Waals surface area contributed by atoms with Crippen LogP contribution in [-0.2, 0) is 51.2 Å². The average molecular weight is 661 g/mol. The fourth-order valence-corrected chi connectivity index (χ4v) is 3.51. The van der Waals surface area contributed by atoms with E-state index in [0.717, 1.165) is 22.0 Å². The summed E-state index contributed by atoms with van der Waals surface area (Å²) in [5.74, 6) is 0.